The van der Waals surface area contributed by atoms with E-state index >= 15 is 0 Å². The number of likely N-dealkylation sites (N-methyl/N-ethyl adjacent to an activating group) is 1. The highest BCUT2D eigenvalue weighted by Gasteiger charge is 2.34. The lowest BCUT2D eigenvalue weighted by Gasteiger charge is -2.23. The lowest BCUT2D eigenvalue weighted by molar-refractivity contribution is -0.121. The van der Waals surface area contributed by atoms with Gasteiger partial charge in [-0.05, 0) is 38.6 Å². The van der Waals surface area contributed by atoms with E-state index in [2.05, 4.69) is 18.9 Å². The van der Waals surface area contributed by atoms with Crippen molar-refractivity contribution in [3.63, 3.8) is 0 Å². The molecule has 1 fully saturated rings. The van der Waals surface area contributed by atoms with E-state index in [0.717, 1.165) is 25.2 Å². The minimum absolute atomic E-state index is 0.0585. The molecule has 0 bridgehead atoms. The van der Waals surface area contributed by atoms with Crippen LogP contribution in [0.3, 0.4) is 0 Å². The third-order valence-corrected chi connectivity index (χ3v) is 12.4. The fraction of sp³-hybridized carbons (Fsp3) is 0.865. The second kappa shape index (κ2) is 40.8. The molecule has 3 heteroatoms. The number of anilines is 1. The largest absolute Gasteiger partial charge is 0.311 e. The summed E-state index contributed by atoms with van der Waals surface area (Å²) in [5, 5.41) is 0. The Balaban J connectivity index is 0.00000743. The van der Waals surface area contributed by atoms with Gasteiger partial charge in [0.1, 0.15) is 0 Å². The lowest BCUT2D eigenvalue weighted by atomic mass is 10.0. The van der Waals surface area contributed by atoms with E-state index in [1.54, 1.807) is 0 Å². The van der Waals surface area contributed by atoms with E-state index in [1.807, 2.05) is 49.1 Å². The molecular weight excluding hydrogens is 669 g/mol. The van der Waals surface area contributed by atoms with Gasteiger partial charge in [0.25, 0.3) is 0 Å². The second-order valence-electron chi connectivity index (χ2n) is 17.3. The minimum atomic E-state index is 0.0585. The van der Waals surface area contributed by atoms with Gasteiger partial charge < -0.3 is 4.90 Å². The molecule has 1 aromatic rings. The van der Waals surface area contributed by atoms with Crippen LogP contribution in [0.25, 0.3) is 0 Å². The van der Waals surface area contributed by atoms with Crippen LogP contribution < -0.4 is 4.90 Å². The van der Waals surface area contributed by atoms with Crippen LogP contribution in [-0.4, -0.2) is 37.0 Å². The zero-order valence-electron chi connectivity index (χ0n) is 38.1. The summed E-state index contributed by atoms with van der Waals surface area (Å²) in [6, 6.07) is 10.2. The zero-order valence-corrected chi connectivity index (χ0v) is 38.1. The van der Waals surface area contributed by atoms with E-state index in [9.17, 15) is 4.79 Å². The molecule has 1 saturated heterocycles. The van der Waals surface area contributed by atoms with Gasteiger partial charge in [0.05, 0.1) is 6.04 Å². The van der Waals surface area contributed by atoms with Crippen molar-refractivity contribution < 1.29 is 4.79 Å². The van der Waals surface area contributed by atoms with E-state index in [0.29, 0.717) is 0 Å². The molecule has 1 aromatic carbocycles. The Labute approximate surface area is 346 Å². The predicted octanol–water partition coefficient (Wildman–Crippen LogP) is 17.2. The molecule has 2 rings (SSSR count). The van der Waals surface area contributed by atoms with Gasteiger partial charge in [0.2, 0.25) is 5.91 Å². The van der Waals surface area contributed by atoms with Crippen molar-refractivity contribution >= 4 is 11.6 Å². The van der Waals surface area contributed by atoms with Crippen LogP contribution in [0.2, 0.25) is 0 Å². The van der Waals surface area contributed by atoms with Crippen LogP contribution in [0.15, 0.2) is 30.3 Å². The van der Waals surface area contributed by atoms with Crippen molar-refractivity contribution in [2.75, 3.05) is 25.0 Å². The van der Waals surface area contributed by atoms with Gasteiger partial charge in [-0.15, -0.1) is 0 Å². The normalized spacial score (nSPS) is 14.2. The molecular formula is C52H98N2O. The highest BCUT2D eigenvalue weighted by molar-refractivity contribution is 5.99. The molecule has 0 spiro atoms. The van der Waals surface area contributed by atoms with Crippen molar-refractivity contribution in [1.29, 1.82) is 0 Å². The predicted molar refractivity (Wildman–Crippen MR) is 248 cm³/mol. The van der Waals surface area contributed by atoms with E-state index in [4.69, 9.17) is 0 Å². The number of amides is 1. The number of benzene rings is 1. The smallest absolute Gasteiger partial charge is 0.244 e. The molecule has 322 valence electrons. The molecule has 0 aromatic heterocycles. The number of nitrogens with zero attached hydrogens (tertiary/aromatic N) is 2. The summed E-state index contributed by atoms with van der Waals surface area (Å²) in [6.07, 6.45) is 54.6. The SMILES string of the molecule is CC.CCCCCCCCCCCCCCCCCCCCCCCCCCCCCCCCCCCCCCCN(C)C1CCN(c2ccccc2)C1=O. The number of carbonyl (C=O) groups excluding carboxylic acids is 1. The van der Waals surface area contributed by atoms with Crippen LogP contribution in [0.5, 0.6) is 0 Å². The summed E-state index contributed by atoms with van der Waals surface area (Å²) in [7, 11) is 2.14. The molecule has 1 atom stereocenters. The fourth-order valence-electron chi connectivity index (χ4n) is 8.72. The second-order valence-corrected chi connectivity index (χ2v) is 17.3. The number of rotatable bonds is 40. The molecule has 0 aliphatic carbocycles. The average molecular weight is 767 g/mol. The zero-order chi connectivity index (χ0) is 39.7. The molecule has 1 aliphatic heterocycles. The Morgan fingerprint density at radius 1 is 0.455 bits per heavy atom. The topological polar surface area (TPSA) is 23.6 Å². The Morgan fingerprint density at radius 2 is 0.727 bits per heavy atom. The molecule has 1 aliphatic rings. The maximum absolute atomic E-state index is 12.9. The van der Waals surface area contributed by atoms with Gasteiger partial charge in [-0.2, -0.15) is 0 Å². The monoisotopic (exact) mass is 767 g/mol. The highest BCUT2D eigenvalue weighted by Crippen LogP contribution is 2.24. The number of para-hydroxylation sites is 1. The molecule has 1 heterocycles. The van der Waals surface area contributed by atoms with Gasteiger partial charge in [0, 0.05) is 12.2 Å². The standard InChI is InChI=1S/C50H92N2O.C2H6/c1-3-4-5-6-7-8-9-10-11-12-13-14-15-16-17-18-19-20-21-22-23-24-25-26-27-28-29-30-31-32-33-34-35-36-37-38-42-46-51(2)49-45-47-52(50(49)53)48-43-40-39-41-44-48;1-2/h39-41,43-44,49H,3-38,42,45-47H2,1-2H3;1-2H3. The van der Waals surface area contributed by atoms with Crippen molar-refractivity contribution in [3.8, 4) is 0 Å². The first-order valence-electron chi connectivity index (χ1n) is 25.3. The number of hydrogen-bond acceptors (Lipinski definition) is 2. The van der Waals surface area contributed by atoms with E-state index in [1.165, 1.54) is 238 Å². The van der Waals surface area contributed by atoms with Gasteiger partial charge in [-0.3, -0.25) is 9.69 Å². The summed E-state index contributed by atoms with van der Waals surface area (Å²) in [5.74, 6) is 0.278. The highest BCUT2D eigenvalue weighted by atomic mass is 16.2. The summed E-state index contributed by atoms with van der Waals surface area (Å²) in [6.45, 7) is 8.19. The third kappa shape index (κ3) is 30.4. The van der Waals surface area contributed by atoms with Gasteiger partial charge in [-0.25, -0.2) is 0 Å². The van der Waals surface area contributed by atoms with Gasteiger partial charge in [0.15, 0.2) is 0 Å². The van der Waals surface area contributed by atoms with E-state index < -0.39 is 0 Å². The van der Waals surface area contributed by atoms with Crippen LogP contribution in [-0.2, 0) is 4.79 Å². The van der Waals surface area contributed by atoms with Crippen molar-refractivity contribution in [2.45, 2.75) is 271 Å². The first-order chi connectivity index (χ1) is 27.2. The number of carbonyl (C=O) groups is 1. The van der Waals surface area contributed by atoms with Crippen molar-refractivity contribution in [1.82, 2.24) is 4.90 Å². The maximum Gasteiger partial charge on any atom is 0.244 e. The molecule has 3 nitrogen and oxygen atoms in total. The molecule has 1 amide bonds. The van der Waals surface area contributed by atoms with E-state index in [-0.39, 0.29) is 11.9 Å². The molecule has 0 radical (unpaired) electrons. The Kier molecular flexibility index (Phi) is 38.4. The number of hydrogen-bond donors (Lipinski definition) is 0. The molecule has 0 N–H and O–H groups in total. The maximum atomic E-state index is 12.9. The Hall–Kier alpha value is -1.35. The van der Waals surface area contributed by atoms with Crippen LogP contribution in [0.1, 0.15) is 265 Å². The first kappa shape index (κ1) is 51.7. The van der Waals surface area contributed by atoms with Crippen molar-refractivity contribution in [2.24, 2.45) is 0 Å². The molecule has 1 unspecified atom stereocenters. The van der Waals surface area contributed by atoms with Gasteiger partial charge in [-0.1, -0.05) is 270 Å². The van der Waals surface area contributed by atoms with Crippen LogP contribution in [0, 0.1) is 0 Å². The third-order valence-electron chi connectivity index (χ3n) is 12.4. The summed E-state index contributed by atoms with van der Waals surface area (Å²) in [4.78, 5) is 17.2. The number of unbranched alkanes of at least 4 members (excludes halogenated alkanes) is 36. The molecule has 0 saturated carbocycles. The quantitative estimate of drug-likeness (QED) is 0.0621. The minimum Gasteiger partial charge on any atom is -0.311 e. The summed E-state index contributed by atoms with van der Waals surface area (Å²) in [5.41, 5.74) is 1.04. The lowest BCUT2D eigenvalue weighted by Crippen LogP contribution is -2.40. The van der Waals surface area contributed by atoms with Crippen LogP contribution in [0.4, 0.5) is 5.69 Å². The summed E-state index contributed by atoms with van der Waals surface area (Å²) < 4.78 is 0. The average Bonchev–Trinajstić information content (AvgIpc) is 3.61. The Bertz CT molecular complexity index is 902. The first-order valence-corrected chi connectivity index (χ1v) is 25.3. The van der Waals surface area contributed by atoms with Gasteiger partial charge >= 0.3 is 0 Å². The van der Waals surface area contributed by atoms with Crippen LogP contribution >= 0.6 is 0 Å². The van der Waals surface area contributed by atoms with Crippen molar-refractivity contribution in [3.05, 3.63) is 30.3 Å². The summed E-state index contributed by atoms with van der Waals surface area (Å²) >= 11 is 0. The fourth-order valence-corrected chi connectivity index (χ4v) is 8.72. The Morgan fingerprint density at radius 3 is 1.02 bits per heavy atom. The molecule has 55 heavy (non-hydrogen) atoms.